The fraction of sp³-hybridized carbons (Fsp3) is 0. The quantitative estimate of drug-likeness (QED) is 0.613. The van der Waals surface area contributed by atoms with Crippen molar-refractivity contribution in [2.45, 2.75) is 0 Å². The Morgan fingerprint density at radius 1 is 1.26 bits per heavy atom. The van der Waals surface area contributed by atoms with E-state index in [-0.39, 0.29) is 17.1 Å². The summed E-state index contributed by atoms with van der Waals surface area (Å²) in [7, 11) is -4.26. The summed E-state index contributed by atoms with van der Waals surface area (Å²) in [5.74, 6) is -0.172. The fourth-order valence-electron chi connectivity index (χ4n) is 2.08. The molecule has 2 aromatic heterocycles. The second-order valence-corrected chi connectivity index (χ2v) is 6.10. The Kier molecular flexibility index (Phi) is 3.62. The van der Waals surface area contributed by atoms with Gasteiger partial charge >= 0.3 is 16.6 Å². The monoisotopic (exact) mass is 331 g/mol. The van der Waals surface area contributed by atoms with Crippen molar-refractivity contribution >= 4 is 39.0 Å². The number of rotatable bonds is 5. The van der Waals surface area contributed by atoms with Crippen molar-refractivity contribution in [1.29, 1.82) is 0 Å². The van der Waals surface area contributed by atoms with E-state index < -0.39 is 10.2 Å². The van der Waals surface area contributed by atoms with Gasteiger partial charge in [-0.05, 0) is 24.3 Å². The molecule has 0 spiro atoms. The molecule has 3 aromatic rings. The third kappa shape index (κ3) is 2.81. The smallest absolute Gasteiger partial charge is 0.333 e. The molecule has 0 aliphatic rings. The second kappa shape index (κ2) is 5.61. The second-order valence-electron chi connectivity index (χ2n) is 4.58. The topological polar surface area (TPSA) is 115 Å². The summed E-state index contributed by atoms with van der Waals surface area (Å²) in [5.41, 5.74) is 0.711. The van der Waals surface area contributed by atoms with E-state index in [1.54, 1.807) is 18.3 Å². The number of nitrogens with zero attached hydrogens (tertiary/aromatic N) is 2. The zero-order valence-electron chi connectivity index (χ0n) is 11.6. The van der Waals surface area contributed by atoms with Gasteiger partial charge < -0.3 is 10.1 Å². The molecule has 117 valence electrons. The molecule has 0 fully saturated rings. The highest BCUT2D eigenvalue weighted by molar-refractivity contribution is 7.94. The average molecular weight is 331 g/mol. The van der Waals surface area contributed by atoms with E-state index in [9.17, 15) is 18.3 Å². The summed E-state index contributed by atoms with van der Waals surface area (Å²) in [6.07, 6.45) is 4.34. The van der Waals surface area contributed by atoms with Gasteiger partial charge in [-0.3, -0.25) is 9.52 Å². The van der Waals surface area contributed by atoms with Crippen LogP contribution in [0, 0.1) is 0 Å². The molecule has 3 N–H and O–H groups in total. The van der Waals surface area contributed by atoms with Crippen molar-refractivity contribution in [3.8, 4) is 5.75 Å². The molecule has 0 unspecified atom stereocenters. The van der Waals surface area contributed by atoms with Crippen molar-refractivity contribution in [2.75, 3.05) is 9.03 Å². The highest BCUT2D eigenvalue weighted by atomic mass is 32.2. The molecule has 0 aliphatic carbocycles. The van der Waals surface area contributed by atoms with E-state index in [1.807, 2.05) is 0 Å². The minimum Gasteiger partial charge on any atom is -0.508 e. The SMILES string of the molecule is O=[C]N(c1cccc(O)c1)S(=O)(=O)Nc1c[nH]c2ncccc12. The lowest BCUT2D eigenvalue weighted by atomic mass is 10.3. The van der Waals surface area contributed by atoms with Gasteiger partial charge in [0.05, 0.1) is 11.4 Å². The molecule has 23 heavy (non-hydrogen) atoms. The van der Waals surface area contributed by atoms with Crippen LogP contribution in [-0.4, -0.2) is 29.9 Å². The molecule has 3 rings (SSSR count). The maximum atomic E-state index is 12.4. The van der Waals surface area contributed by atoms with Crippen molar-refractivity contribution in [3.05, 3.63) is 48.8 Å². The van der Waals surface area contributed by atoms with Gasteiger partial charge in [0, 0.05) is 23.8 Å². The summed E-state index contributed by atoms with van der Waals surface area (Å²) in [6, 6.07) is 8.62. The molecule has 0 saturated heterocycles. The minimum atomic E-state index is -4.26. The third-order valence-corrected chi connectivity index (χ3v) is 4.32. The lowest BCUT2D eigenvalue weighted by Crippen LogP contribution is -2.34. The number of carbonyl (C=O) groups excluding carboxylic acids is 1. The molecule has 8 nitrogen and oxygen atoms in total. The summed E-state index contributed by atoms with van der Waals surface area (Å²) >= 11 is 0. The lowest BCUT2D eigenvalue weighted by Gasteiger charge is -2.17. The van der Waals surface area contributed by atoms with E-state index in [4.69, 9.17) is 0 Å². The van der Waals surface area contributed by atoms with E-state index in [1.165, 1.54) is 30.8 Å². The minimum absolute atomic E-state index is 0.0366. The molecular formula is C14H11N4O4S. The van der Waals surface area contributed by atoms with Crippen LogP contribution in [-0.2, 0) is 15.0 Å². The summed E-state index contributed by atoms with van der Waals surface area (Å²) in [6.45, 7) is 0. The van der Waals surface area contributed by atoms with Crippen molar-refractivity contribution in [2.24, 2.45) is 0 Å². The number of aromatic amines is 1. The Morgan fingerprint density at radius 2 is 2.09 bits per heavy atom. The van der Waals surface area contributed by atoms with Crippen LogP contribution in [0.1, 0.15) is 0 Å². The lowest BCUT2D eigenvalue weighted by molar-refractivity contribution is 0.475. The van der Waals surface area contributed by atoms with Crippen molar-refractivity contribution in [1.82, 2.24) is 9.97 Å². The number of aromatic nitrogens is 2. The summed E-state index contributed by atoms with van der Waals surface area (Å²) in [4.78, 5) is 18.0. The average Bonchev–Trinajstić information content (AvgIpc) is 2.90. The summed E-state index contributed by atoms with van der Waals surface area (Å²) < 4.78 is 27.5. The van der Waals surface area contributed by atoms with E-state index in [2.05, 4.69) is 14.7 Å². The van der Waals surface area contributed by atoms with Gasteiger partial charge in [-0.15, -0.1) is 0 Å². The number of phenols is 1. The van der Waals surface area contributed by atoms with Crippen LogP contribution in [0.5, 0.6) is 5.75 Å². The Morgan fingerprint density at radius 3 is 2.83 bits per heavy atom. The number of aromatic hydroxyl groups is 1. The highest BCUT2D eigenvalue weighted by Gasteiger charge is 2.24. The Bertz CT molecular complexity index is 968. The molecular weight excluding hydrogens is 320 g/mol. The van der Waals surface area contributed by atoms with Crippen molar-refractivity contribution in [3.63, 3.8) is 0 Å². The van der Waals surface area contributed by atoms with Gasteiger partial charge in [0.15, 0.2) is 0 Å². The van der Waals surface area contributed by atoms with Crippen molar-refractivity contribution < 1.29 is 18.3 Å². The van der Waals surface area contributed by atoms with Crippen LogP contribution in [0.3, 0.4) is 0 Å². The molecule has 2 heterocycles. The number of benzene rings is 1. The number of fused-ring (bicyclic) bond motifs is 1. The normalized spacial score (nSPS) is 11.3. The first-order chi connectivity index (χ1) is 11.0. The first-order valence-electron chi connectivity index (χ1n) is 6.43. The predicted octanol–water partition coefficient (Wildman–Crippen LogP) is 1.50. The van der Waals surface area contributed by atoms with E-state index >= 15 is 0 Å². The fourth-order valence-corrected chi connectivity index (χ4v) is 3.11. The largest absolute Gasteiger partial charge is 0.508 e. The molecule has 0 bridgehead atoms. The molecule has 0 aliphatic heterocycles. The van der Waals surface area contributed by atoms with Crippen LogP contribution >= 0.6 is 0 Å². The highest BCUT2D eigenvalue weighted by Crippen LogP contribution is 2.25. The van der Waals surface area contributed by atoms with Gasteiger partial charge in [-0.25, -0.2) is 4.98 Å². The maximum Gasteiger partial charge on any atom is 0.333 e. The standard InChI is InChI=1S/C14H11N4O4S/c19-9-18(10-3-1-4-11(20)7-10)23(21,22)17-13-8-16-14-12(13)5-2-6-15-14/h1-8,17,20H,(H,15,16). The Labute approximate surface area is 131 Å². The number of H-pyrrole nitrogens is 1. The molecule has 0 atom stereocenters. The predicted molar refractivity (Wildman–Crippen MR) is 84.9 cm³/mol. The van der Waals surface area contributed by atoms with Gasteiger partial charge in [0.1, 0.15) is 11.4 Å². The van der Waals surface area contributed by atoms with Crippen LogP contribution in [0.4, 0.5) is 11.4 Å². The number of nitrogens with one attached hydrogen (secondary N) is 2. The first-order valence-corrected chi connectivity index (χ1v) is 7.87. The maximum absolute atomic E-state index is 12.4. The van der Waals surface area contributed by atoms with E-state index in [0.29, 0.717) is 15.3 Å². The number of amides is 1. The van der Waals surface area contributed by atoms with Gasteiger partial charge in [0.2, 0.25) is 0 Å². The van der Waals surface area contributed by atoms with Crippen LogP contribution in [0.25, 0.3) is 11.0 Å². The van der Waals surface area contributed by atoms with Crippen LogP contribution < -0.4 is 9.03 Å². The number of phenolic OH excluding ortho intramolecular Hbond substituents is 1. The molecule has 1 radical (unpaired) electrons. The van der Waals surface area contributed by atoms with Crippen LogP contribution in [0.15, 0.2) is 48.8 Å². The third-order valence-electron chi connectivity index (χ3n) is 3.08. The number of anilines is 2. The first kappa shape index (κ1) is 14.9. The Hall–Kier alpha value is -3.07. The molecule has 1 aromatic carbocycles. The number of pyridine rings is 1. The summed E-state index contributed by atoms with van der Waals surface area (Å²) in [5, 5.41) is 9.99. The zero-order valence-corrected chi connectivity index (χ0v) is 12.4. The molecule has 1 amide bonds. The van der Waals surface area contributed by atoms with Crippen LogP contribution in [0.2, 0.25) is 0 Å². The van der Waals surface area contributed by atoms with E-state index in [0.717, 1.165) is 6.07 Å². The van der Waals surface area contributed by atoms with Gasteiger partial charge in [0.25, 0.3) is 0 Å². The Balaban J connectivity index is 1.98. The zero-order chi connectivity index (χ0) is 16.4. The van der Waals surface area contributed by atoms with Gasteiger partial charge in [-0.2, -0.15) is 12.7 Å². The van der Waals surface area contributed by atoms with Gasteiger partial charge in [-0.1, -0.05) is 6.07 Å². The molecule has 9 heteroatoms. The number of hydrogen-bond acceptors (Lipinski definition) is 5. The molecule has 0 saturated carbocycles. The number of hydrogen-bond donors (Lipinski definition) is 3.